The Bertz CT molecular complexity index is 1410. The van der Waals surface area contributed by atoms with E-state index >= 15 is 0 Å². The van der Waals surface area contributed by atoms with Crippen molar-refractivity contribution in [2.75, 3.05) is 36.4 Å². The molecule has 3 amide bonds. The lowest BCUT2D eigenvalue weighted by Crippen LogP contribution is -2.40. The molecular formula is C33H38FN5O3. The average molecular weight is 572 g/mol. The first-order valence-electron chi connectivity index (χ1n) is 14.7. The summed E-state index contributed by atoms with van der Waals surface area (Å²) in [5.74, 6) is -1.00. The third-order valence-corrected chi connectivity index (χ3v) is 8.04. The van der Waals surface area contributed by atoms with Gasteiger partial charge >= 0.3 is 0 Å². The largest absolute Gasteiger partial charge is 0.368 e. The van der Waals surface area contributed by atoms with Crippen molar-refractivity contribution in [3.05, 3.63) is 95.3 Å². The molecule has 0 aromatic heterocycles. The van der Waals surface area contributed by atoms with Gasteiger partial charge in [0.2, 0.25) is 5.91 Å². The molecule has 0 atom stereocenters. The number of amides is 3. The average Bonchev–Trinajstić information content (AvgIpc) is 3.25. The fourth-order valence-electron chi connectivity index (χ4n) is 5.73. The number of nitrogens with two attached hydrogens (primary N) is 1. The lowest BCUT2D eigenvalue weighted by Gasteiger charge is -2.28. The van der Waals surface area contributed by atoms with E-state index < -0.39 is 5.82 Å². The SMILES string of the molecule is NC1CCC(NC(=O)c2ccc(N3CCCN(C(=O)c4cccc(F)c4)CC3)c(NC(=O)Cc3ccccc3)c2)CC1. The molecule has 2 aliphatic rings. The first-order valence-corrected chi connectivity index (χ1v) is 14.7. The van der Waals surface area contributed by atoms with E-state index in [0.717, 1.165) is 36.9 Å². The molecular weight excluding hydrogens is 533 g/mol. The molecule has 1 heterocycles. The van der Waals surface area contributed by atoms with Gasteiger partial charge in [0.25, 0.3) is 11.8 Å². The van der Waals surface area contributed by atoms with Gasteiger partial charge in [0, 0.05) is 49.4 Å². The van der Waals surface area contributed by atoms with Gasteiger partial charge in [-0.3, -0.25) is 14.4 Å². The maximum Gasteiger partial charge on any atom is 0.254 e. The van der Waals surface area contributed by atoms with E-state index in [1.165, 1.54) is 18.2 Å². The minimum Gasteiger partial charge on any atom is -0.368 e. The Morgan fingerprint density at radius 3 is 2.38 bits per heavy atom. The van der Waals surface area contributed by atoms with Gasteiger partial charge in [0.05, 0.1) is 17.8 Å². The maximum absolute atomic E-state index is 13.7. The molecule has 5 rings (SSSR count). The summed E-state index contributed by atoms with van der Waals surface area (Å²) in [5.41, 5.74) is 9.06. The van der Waals surface area contributed by atoms with Crippen LogP contribution in [0.25, 0.3) is 0 Å². The van der Waals surface area contributed by atoms with E-state index in [4.69, 9.17) is 5.73 Å². The summed E-state index contributed by atoms with van der Waals surface area (Å²) >= 11 is 0. The number of rotatable bonds is 7. The number of nitrogens with one attached hydrogen (secondary N) is 2. The van der Waals surface area contributed by atoms with Gasteiger partial charge in [-0.05, 0) is 74.1 Å². The van der Waals surface area contributed by atoms with Crippen LogP contribution < -0.4 is 21.3 Å². The summed E-state index contributed by atoms with van der Waals surface area (Å²) < 4.78 is 13.7. The van der Waals surface area contributed by atoms with Crippen LogP contribution in [0.1, 0.15) is 58.4 Å². The lowest BCUT2D eigenvalue weighted by atomic mass is 9.91. The molecule has 3 aromatic rings. The van der Waals surface area contributed by atoms with Crippen molar-refractivity contribution < 1.29 is 18.8 Å². The van der Waals surface area contributed by atoms with Gasteiger partial charge in [0.1, 0.15) is 5.82 Å². The van der Waals surface area contributed by atoms with Crippen LogP contribution in [-0.4, -0.2) is 60.9 Å². The molecule has 220 valence electrons. The summed E-state index contributed by atoms with van der Waals surface area (Å²) in [5, 5.41) is 6.18. The molecule has 2 fully saturated rings. The Hall–Kier alpha value is -4.24. The van der Waals surface area contributed by atoms with Crippen LogP contribution in [0.4, 0.5) is 15.8 Å². The molecule has 8 nitrogen and oxygen atoms in total. The van der Waals surface area contributed by atoms with Crippen LogP contribution in [0.15, 0.2) is 72.8 Å². The third-order valence-electron chi connectivity index (χ3n) is 8.04. The second-order valence-electron chi connectivity index (χ2n) is 11.2. The predicted octanol–water partition coefficient (Wildman–Crippen LogP) is 4.36. The Balaban J connectivity index is 1.33. The van der Waals surface area contributed by atoms with E-state index in [2.05, 4.69) is 15.5 Å². The van der Waals surface area contributed by atoms with E-state index in [0.29, 0.717) is 49.4 Å². The predicted molar refractivity (Wildman–Crippen MR) is 162 cm³/mol. The van der Waals surface area contributed by atoms with E-state index in [1.54, 1.807) is 23.1 Å². The number of carbonyl (C=O) groups excluding carboxylic acids is 3. The molecule has 0 unspecified atom stereocenters. The van der Waals surface area contributed by atoms with Crippen molar-refractivity contribution >= 4 is 29.1 Å². The number of hydrogen-bond donors (Lipinski definition) is 3. The highest BCUT2D eigenvalue weighted by Crippen LogP contribution is 2.29. The van der Waals surface area contributed by atoms with Crippen molar-refractivity contribution in [3.63, 3.8) is 0 Å². The fourth-order valence-corrected chi connectivity index (χ4v) is 5.73. The minimum atomic E-state index is -0.440. The molecule has 1 saturated heterocycles. The normalized spacial score (nSPS) is 19.1. The molecule has 0 radical (unpaired) electrons. The van der Waals surface area contributed by atoms with Gasteiger partial charge in [-0.2, -0.15) is 0 Å². The fraction of sp³-hybridized carbons (Fsp3) is 0.364. The van der Waals surface area contributed by atoms with Crippen LogP contribution >= 0.6 is 0 Å². The van der Waals surface area contributed by atoms with Crippen molar-refractivity contribution in [2.24, 2.45) is 5.73 Å². The molecule has 3 aromatic carbocycles. The first-order chi connectivity index (χ1) is 20.4. The summed E-state index contributed by atoms with van der Waals surface area (Å²) in [6.45, 7) is 2.16. The third kappa shape index (κ3) is 7.53. The Morgan fingerprint density at radius 2 is 1.62 bits per heavy atom. The van der Waals surface area contributed by atoms with E-state index in [-0.39, 0.29) is 36.2 Å². The van der Waals surface area contributed by atoms with E-state index in [9.17, 15) is 18.8 Å². The van der Waals surface area contributed by atoms with Crippen LogP contribution in [-0.2, 0) is 11.2 Å². The van der Waals surface area contributed by atoms with Crippen LogP contribution in [0.3, 0.4) is 0 Å². The number of benzene rings is 3. The Kier molecular flexibility index (Phi) is 9.48. The highest BCUT2D eigenvalue weighted by Gasteiger charge is 2.25. The quantitative estimate of drug-likeness (QED) is 0.391. The van der Waals surface area contributed by atoms with Crippen molar-refractivity contribution in [1.82, 2.24) is 10.2 Å². The minimum absolute atomic E-state index is 0.0836. The Labute approximate surface area is 246 Å². The van der Waals surface area contributed by atoms with Crippen molar-refractivity contribution in [2.45, 2.75) is 50.6 Å². The van der Waals surface area contributed by atoms with Crippen LogP contribution in [0, 0.1) is 5.82 Å². The van der Waals surface area contributed by atoms with Crippen LogP contribution in [0.2, 0.25) is 0 Å². The van der Waals surface area contributed by atoms with Crippen molar-refractivity contribution in [3.8, 4) is 0 Å². The summed E-state index contributed by atoms with van der Waals surface area (Å²) in [4.78, 5) is 43.2. The standard InChI is InChI=1S/C33H38FN5O3/c34-26-9-4-8-25(21-26)33(42)39-17-5-16-38(18-19-39)30-15-10-24(32(41)36-28-13-11-27(35)12-14-28)22-29(30)37-31(40)20-23-6-2-1-3-7-23/h1-4,6-10,15,21-22,27-28H,5,11-14,16-20,35H2,(H,36,41)(H,37,40). The van der Waals surface area contributed by atoms with Gasteiger partial charge < -0.3 is 26.2 Å². The molecule has 1 saturated carbocycles. The maximum atomic E-state index is 13.7. The molecule has 0 bridgehead atoms. The molecule has 0 spiro atoms. The van der Waals surface area contributed by atoms with E-state index in [1.807, 2.05) is 36.4 Å². The highest BCUT2D eigenvalue weighted by atomic mass is 19.1. The monoisotopic (exact) mass is 571 g/mol. The smallest absolute Gasteiger partial charge is 0.254 e. The second kappa shape index (κ2) is 13.6. The molecule has 42 heavy (non-hydrogen) atoms. The zero-order valence-corrected chi connectivity index (χ0v) is 23.7. The second-order valence-corrected chi connectivity index (χ2v) is 11.2. The molecule has 9 heteroatoms. The van der Waals surface area contributed by atoms with Gasteiger partial charge in [-0.25, -0.2) is 4.39 Å². The zero-order chi connectivity index (χ0) is 29.5. The molecule has 4 N–H and O–H groups in total. The Morgan fingerprint density at radius 1 is 0.833 bits per heavy atom. The van der Waals surface area contributed by atoms with Crippen molar-refractivity contribution in [1.29, 1.82) is 0 Å². The highest BCUT2D eigenvalue weighted by molar-refractivity contribution is 6.00. The summed E-state index contributed by atoms with van der Waals surface area (Å²) in [6.07, 6.45) is 4.38. The molecule has 1 aliphatic heterocycles. The number of hydrogen-bond acceptors (Lipinski definition) is 5. The van der Waals surface area contributed by atoms with Gasteiger partial charge in [-0.1, -0.05) is 36.4 Å². The van der Waals surface area contributed by atoms with Gasteiger partial charge in [0.15, 0.2) is 0 Å². The number of nitrogens with zero attached hydrogens (tertiary/aromatic N) is 2. The molecule has 1 aliphatic carbocycles. The number of carbonyl (C=O) groups is 3. The topological polar surface area (TPSA) is 108 Å². The summed E-state index contributed by atoms with van der Waals surface area (Å²) in [6, 6.07) is 20.9. The number of halogens is 1. The number of anilines is 2. The summed E-state index contributed by atoms with van der Waals surface area (Å²) in [7, 11) is 0. The first kappa shape index (κ1) is 29.3. The lowest BCUT2D eigenvalue weighted by molar-refractivity contribution is -0.115. The van der Waals surface area contributed by atoms with Crippen LogP contribution in [0.5, 0.6) is 0 Å². The van der Waals surface area contributed by atoms with Gasteiger partial charge in [-0.15, -0.1) is 0 Å². The zero-order valence-electron chi connectivity index (χ0n) is 23.7.